The molecule has 0 aliphatic carbocycles. The van der Waals surface area contributed by atoms with Crippen LogP contribution in [0.3, 0.4) is 0 Å². The van der Waals surface area contributed by atoms with Crippen LogP contribution in [0.4, 0.5) is 0 Å². The first-order valence-electron chi connectivity index (χ1n) is 6.35. The Morgan fingerprint density at radius 2 is 2.24 bits per heavy atom. The third-order valence-corrected chi connectivity index (χ3v) is 3.78. The van der Waals surface area contributed by atoms with Crippen molar-refractivity contribution in [1.82, 2.24) is 4.90 Å². The molecule has 6 heteroatoms. The summed E-state index contributed by atoms with van der Waals surface area (Å²) in [5.74, 6) is 0.0734. The number of primary sulfonamides is 1. The lowest BCUT2D eigenvalue weighted by atomic mass is 10.1. The van der Waals surface area contributed by atoms with E-state index in [1.807, 2.05) is 0 Å². The highest BCUT2D eigenvalue weighted by Crippen LogP contribution is 2.13. The van der Waals surface area contributed by atoms with Crippen molar-refractivity contribution in [2.75, 3.05) is 32.0 Å². The van der Waals surface area contributed by atoms with Gasteiger partial charge in [0.2, 0.25) is 10.0 Å². The fourth-order valence-corrected chi connectivity index (χ4v) is 2.66. The van der Waals surface area contributed by atoms with Crippen molar-refractivity contribution in [2.45, 2.75) is 38.7 Å². The number of hydrogen-bond acceptors (Lipinski definition) is 4. The minimum absolute atomic E-state index is 0.0734. The molecule has 1 heterocycles. The van der Waals surface area contributed by atoms with Gasteiger partial charge in [-0.3, -0.25) is 0 Å². The Bertz CT molecular complexity index is 306. The first-order chi connectivity index (χ1) is 8.01. The molecule has 0 radical (unpaired) electrons. The van der Waals surface area contributed by atoms with Gasteiger partial charge in [-0.2, -0.15) is 0 Å². The first kappa shape index (κ1) is 14.9. The van der Waals surface area contributed by atoms with Gasteiger partial charge in [0.25, 0.3) is 0 Å². The van der Waals surface area contributed by atoms with E-state index in [4.69, 9.17) is 9.88 Å². The Hall–Kier alpha value is -0.170. The molecule has 2 N–H and O–H groups in total. The summed E-state index contributed by atoms with van der Waals surface area (Å²) in [4.78, 5) is 2.27. The lowest BCUT2D eigenvalue weighted by Gasteiger charge is -2.32. The molecule has 1 aliphatic heterocycles. The summed E-state index contributed by atoms with van der Waals surface area (Å²) in [7, 11) is -3.31. The molecule has 0 saturated carbocycles. The largest absolute Gasteiger partial charge is 0.377 e. The molecule has 1 atom stereocenters. The van der Waals surface area contributed by atoms with Crippen molar-refractivity contribution in [3.63, 3.8) is 0 Å². The zero-order valence-electron chi connectivity index (χ0n) is 10.6. The first-order valence-corrected chi connectivity index (χ1v) is 8.07. The second-order valence-electron chi connectivity index (χ2n) is 4.66. The molecule has 1 fully saturated rings. The third kappa shape index (κ3) is 6.98. The van der Waals surface area contributed by atoms with E-state index < -0.39 is 10.0 Å². The van der Waals surface area contributed by atoms with E-state index in [2.05, 4.69) is 11.8 Å². The molecule has 0 bridgehead atoms. The maximum Gasteiger partial charge on any atom is 0.209 e. The van der Waals surface area contributed by atoms with Crippen LogP contribution in [-0.2, 0) is 14.8 Å². The molecule has 1 aliphatic rings. The molecule has 1 unspecified atom stereocenters. The predicted octanol–water partition coefficient (Wildman–Crippen LogP) is 0.556. The van der Waals surface area contributed by atoms with Crippen molar-refractivity contribution in [2.24, 2.45) is 5.14 Å². The van der Waals surface area contributed by atoms with Crippen LogP contribution in [0.5, 0.6) is 0 Å². The summed E-state index contributed by atoms with van der Waals surface area (Å²) in [5, 5.41) is 4.97. The monoisotopic (exact) mass is 264 g/mol. The maximum absolute atomic E-state index is 10.8. The van der Waals surface area contributed by atoms with Gasteiger partial charge in [-0.15, -0.1) is 0 Å². The van der Waals surface area contributed by atoms with Gasteiger partial charge in [-0.05, 0) is 38.8 Å². The van der Waals surface area contributed by atoms with E-state index in [0.29, 0.717) is 12.5 Å². The number of hydrogen-bond donors (Lipinski definition) is 1. The van der Waals surface area contributed by atoms with E-state index in [-0.39, 0.29) is 5.75 Å². The normalized spacial score (nSPS) is 22.8. The van der Waals surface area contributed by atoms with Gasteiger partial charge in [0.05, 0.1) is 11.9 Å². The SMILES string of the molecule is CCCOC1CCCN(CCCS(N)(=O)=O)C1. The quantitative estimate of drug-likeness (QED) is 0.729. The Labute approximate surface area is 104 Å². The van der Waals surface area contributed by atoms with E-state index in [0.717, 1.165) is 45.5 Å². The van der Waals surface area contributed by atoms with Crippen molar-refractivity contribution >= 4 is 10.0 Å². The summed E-state index contributed by atoms with van der Waals surface area (Å²) in [6, 6.07) is 0. The fraction of sp³-hybridized carbons (Fsp3) is 1.00. The number of rotatable bonds is 7. The van der Waals surface area contributed by atoms with Crippen LogP contribution in [0.25, 0.3) is 0 Å². The third-order valence-electron chi connectivity index (χ3n) is 2.92. The summed E-state index contributed by atoms with van der Waals surface area (Å²) >= 11 is 0. The van der Waals surface area contributed by atoms with E-state index in [1.54, 1.807) is 0 Å². The lowest BCUT2D eigenvalue weighted by Crippen LogP contribution is -2.40. The summed E-state index contributed by atoms with van der Waals surface area (Å²) in [6.07, 6.45) is 4.22. The number of nitrogens with two attached hydrogens (primary N) is 1. The van der Waals surface area contributed by atoms with Crippen molar-refractivity contribution in [3.05, 3.63) is 0 Å². The zero-order valence-corrected chi connectivity index (χ0v) is 11.4. The molecule has 0 aromatic heterocycles. The molecule has 1 saturated heterocycles. The van der Waals surface area contributed by atoms with Crippen LogP contribution in [0.1, 0.15) is 32.6 Å². The van der Waals surface area contributed by atoms with Crippen LogP contribution in [0, 0.1) is 0 Å². The van der Waals surface area contributed by atoms with Gasteiger partial charge in [0.1, 0.15) is 0 Å². The summed E-state index contributed by atoms with van der Waals surface area (Å²) in [6.45, 7) is 5.67. The highest BCUT2D eigenvalue weighted by atomic mass is 32.2. The van der Waals surface area contributed by atoms with Crippen molar-refractivity contribution in [3.8, 4) is 0 Å². The average molecular weight is 264 g/mol. The molecular weight excluding hydrogens is 240 g/mol. The van der Waals surface area contributed by atoms with E-state index in [9.17, 15) is 8.42 Å². The molecule has 1 rings (SSSR count). The van der Waals surface area contributed by atoms with Crippen LogP contribution < -0.4 is 5.14 Å². The highest BCUT2D eigenvalue weighted by molar-refractivity contribution is 7.89. The van der Waals surface area contributed by atoms with Crippen LogP contribution >= 0.6 is 0 Å². The second kappa shape index (κ2) is 7.31. The summed E-state index contributed by atoms with van der Waals surface area (Å²) < 4.78 is 27.4. The Morgan fingerprint density at radius 1 is 1.47 bits per heavy atom. The molecule has 102 valence electrons. The fourth-order valence-electron chi connectivity index (χ4n) is 2.13. The van der Waals surface area contributed by atoms with Gasteiger partial charge in [-0.25, -0.2) is 13.6 Å². The van der Waals surface area contributed by atoms with Gasteiger partial charge >= 0.3 is 0 Å². The maximum atomic E-state index is 10.8. The molecule has 0 aromatic carbocycles. The van der Waals surface area contributed by atoms with Crippen LogP contribution in [0.2, 0.25) is 0 Å². The molecule has 17 heavy (non-hydrogen) atoms. The Kier molecular flexibility index (Phi) is 6.40. The predicted molar refractivity (Wildman–Crippen MR) is 68.3 cm³/mol. The number of likely N-dealkylation sites (tertiary alicyclic amines) is 1. The minimum Gasteiger partial charge on any atom is -0.377 e. The Balaban J connectivity index is 2.20. The summed E-state index contributed by atoms with van der Waals surface area (Å²) in [5.41, 5.74) is 0. The highest BCUT2D eigenvalue weighted by Gasteiger charge is 2.19. The van der Waals surface area contributed by atoms with Crippen molar-refractivity contribution in [1.29, 1.82) is 0 Å². The minimum atomic E-state index is -3.31. The van der Waals surface area contributed by atoms with E-state index >= 15 is 0 Å². The van der Waals surface area contributed by atoms with Gasteiger partial charge < -0.3 is 9.64 Å². The van der Waals surface area contributed by atoms with Gasteiger partial charge in [0.15, 0.2) is 0 Å². The van der Waals surface area contributed by atoms with E-state index in [1.165, 1.54) is 0 Å². The van der Waals surface area contributed by atoms with Gasteiger partial charge in [0, 0.05) is 13.2 Å². The average Bonchev–Trinajstić information content (AvgIpc) is 2.25. The molecule has 0 amide bonds. The molecular formula is C11H24N2O3S. The number of piperidine rings is 1. The molecule has 0 aromatic rings. The zero-order chi connectivity index (χ0) is 12.7. The number of nitrogens with zero attached hydrogens (tertiary/aromatic N) is 1. The second-order valence-corrected chi connectivity index (χ2v) is 6.39. The molecule has 5 nitrogen and oxygen atoms in total. The number of sulfonamides is 1. The standard InChI is InChI=1S/C11H24N2O3S/c1-2-8-16-11-5-3-6-13(10-11)7-4-9-17(12,14)15/h11H,2-10H2,1H3,(H2,12,14,15). The van der Waals surface area contributed by atoms with Gasteiger partial charge in [-0.1, -0.05) is 6.92 Å². The van der Waals surface area contributed by atoms with Crippen LogP contribution in [-0.4, -0.2) is 51.4 Å². The van der Waals surface area contributed by atoms with Crippen LogP contribution in [0.15, 0.2) is 0 Å². The molecule has 0 spiro atoms. The lowest BCUT2D eigenvalue weighted by molar-refractivity contribution is 0.000138. The number of ether oxygens (including phenoxy) is 1. The smallest absolute Gasteiger partial charge is 0.209 e. The van der Waals surface area contributed by atoms with Crippen molar-refractivity contribution < 1.29 is 13.2 Å². The topological polar surface area (TPSA) is 72.6 Å². The Morgan fingerprint density at radius 3 is 2.88 bits per heavy atom.